The largest absolute Gasteiger partial charge is 0.497 e. The topological polar surface area (TPSA) is 43.3 Å². The Morgan fingerprint density at radius 2 is 2.16 bits per heavy atom. The second-order valence-corrected chi connectivity index (χ2v) is 4.80. The van der Waals surface area contributed by atoms with Crippen molar-refractivity contribution in [1.82, 2.24) is 9.88 Å². The number of fused-ring (bicyclic) bond motifs is 1. The number of aromatic nitrogens is 1. The Hall–Kier alpha value is -1.97. The summed E-state index contributed by atoms with van der Waals surface area (Å²) in [6, 6.07) is 7.89. The molecular weight excluding hydrogens is 240 g/mol. The zero-order valence-corrected chi connectivity index (χ0v) is 11.9. The van der Waals surface area contributed by atoms with Crippen LogP contribution in [-0.4, -0.2) is 23.6 Å². The third-order valence-corrected chi connectivity index (χ3v) is 3.47. The molecule has 0 bridgehead atoms. The Bertz CT molecular complexity index is 601. The summed E-state index contributed by atoms with van der Waals surface area (Å²) < 4.78 is 7.11. The monoisotopic (exact) mass is 260 g/mol. The molecular formula is C15H20N2O2. The number of hydrogen-bond donors (Lipinski definition) is 1. The van der Waals surface area contributed by atoms with Crippen LogP contribution in [0.5, 0.6) is 5.75 Å². The molecule has 4 heteroatoms. The van der Waals surface area contributed by atoms with Crippen LogP contribution < -0.4 is 10.1 Å². The van der Waals surface area contributed by atoms with Gasteiger partial charge in [0.2, 0.25) is 0 Å². The van der Waals surface area contributed by atoms with Gasteiger partial charge in [0.15, 0.2) is 0 Å². The smallest absolute Gasteiger partial charge is 0.268 e. The van der Waals surface area contributed by atoms with Gasteiger partial charge >= 0.3 is 0 Å². The van der Waals surface area contributed by atoms with Crippen molar-refractivity contribution in [2.75, 3.05) is 7.11 Å². The first-order chi connectivity index (χ1) is 9.06. The van der Waals surface area contributed by atoms with E-state index in [0.29, 0.717) is 5.69 Å². The van der Waals surface area contributed by atoms with Crippen LogP contribution in [0.4, 0.5) is 0 Å². The van der Waals surface area contributed by atoms with Crippen LogP contribution >= 0.6 is 0 Å². The van der Waals surface area contributed by atoms with Crippen LogP contribution in [0.3, 0.4) is 0 Å². The third-order valence-electron chi connectivity index (χ3n) is 3.47. The molecule has 0 aliphatic rings. The summed E-state index contributed by atoms with van der Waals surface area (Å²) in [6.07, 6.45) is 0.920. The van der Waals surface area contributed by atoms with Crippen molar-refractivity contribution in [1.29, 1.82) is 0 Å². The van der Waals surface area contributed by atoms with Crippen LogP contribution in [0.1, 0.15) is 30.8 Å². The highest BCUT2D eigenvalue weighted by Gasteiger charge is 2.15. The summed E-state index contributed by atoms with van der Waals surface area (Å²) in [7, 11) is 3.54. The lowest BCUT2D eigenvalue weighted by molar-refractivity contribution is 0.0931. The van der Waals surface area contributed by atoms with Crippen LogP contribution in [0.15, 0.2) is 24.3 Å². The number of nitrogens with zero attached hydrogens (tertiary/aromatic N) is 1. The standard InChI is InChI=1S/C15H20N2O2/c1-5-10(2)16-15(18)14-9-11-8-12(19-4)6-7-13(11)17(14)3/h6-10H,5H2,1-4H3,(H,16,18). The van der Waals surface area contributed by atoms with Crippen molar-refractivity contribution < 1.29 is 9.53 Å². The summed E-state index contributed by atoms with van der Waals surface area (Å²) in [6.45, 7) is 4.06. The molecule has 0 aliphatic heterocycles. The lowest BCUT2D eigenvalue weighted by atomic mass is 10.2. The molecule has 0 fully saturated rings. The van der Waals surface area contributed by atoms with Gasteiger partial charge in [0.25, 0.3) is 5.91 Å². The molecule has 1 atom stereocenters. The van der Waals surface area contributed by atoms with Gasteiger partial charge in [0.05, 0.1) is 7.11 Å². The quantitative estimate of drug-likeness (QED) is 0.918. The summed E-state index contributed by atoms with van der Waals surface area (Å²) in [5.74, 6) is 0.763. The molecule has 1 aromatic carbocycles. The Labute approximate surface area is 113 Å². The number of aryl methyl sites for hydroxylation is 1. The summed E-state index contributed by atoms with van der Waals surface area (Å²) >= 11 is 0. The summed E-state index contributed by atoms with van der Waals surface area (Å²) in [4.78, 5) is 12.2. The van der Waals surface area contributed by atoms with Crippen molar-refractivity contribution in [2.24, 2.45) is 7.05 Å². The molecule has 4 nitrogen and oxygen atoms in total. The number of hydrogen-bond acceptors (Lipinski definition) is 2. The van der Waals surface area contributed by atoms with E-state index in [1.807, 2.05) is 42.8 Å². The zero-order chi connectivity index (χ0) is 14.0. The van der Waals surface area contributed by atoms with E-state index in [2.05, 4.69) is 12.2 Å². The summed E-state index contributed by atoms with van der Waals surface area (Å²) in [5, 5.41) is 4.00. The summed E-state index contributed by atoms with van der Waals surface area (Å²) in [5.41, 5.74) is 1.69. The number of ether oxygens (including phenoxy) is 1. The molecule has 1 unspecified atom stereocenters. The second kappa shape index (κ2) is 5.34. The maximum atomic E-state index is 12.2. The van der Waals surface area contributed by atoms with Gasteiger partial charge in [-0.25, -0.2) is 0 Å². The molecule has 1 heterocycles. The average Bonchev–Trinajstić information content (AvgIpc) is 2.75. The molecule has 0 radical (unpaired) electrons. The first-order valence-corrected chi connectivity index (χ1v) is 6.51. The lowest BCUT2D eigenvalue weighted by Crippen LogP contribution is -2.33. The van der Waals surface area contributed by atoms with Crippen molar-refractivity contribution in [2.45, 2.75) is 26.3 Å². The molecule has 102 valence electrons. The van der Waals surface area contributed by atoms with E-state index in [0.717, 1.165) is 23.1 Å². The van der Waals surface area contributed by atoms with E-state index in [1.165, 1.54) is 0 Å². The number of amides is 1. The zero-order valence-electron chi connectivity index (χ0n) is 11.9. The minimum atomic E-state index is -0.0352. The fraction of sp³-hybridized carbons (Fsp3) is 0.400. The highest BCUT2D eigenvalue weighted by Crippen LogP contribution is 2.23. The number of rotatable bonds is 4. The molecule has 1 N–H and O–H groups in total. The normalized spacial score (nSPS) is 12.4. The maximum absolute atomic E-state index is 12.2. The van der Waals surface area contributed by atoms with Crippen molar-refractivity contribution >= 4 is 16.8 Å². The Morgan fingerprint density at radius 1 is 1.42 bits per heavy atom. The van der Waals surface area contributed by atoms with E-state index in [-0.39, 0.29) is 11.9 Å². The van der Waals surface area contributed by atoms with Crippen LogP contribution in [0.25, 0.3) is 10.9 Å². The van der Waals surface area contributed by atoms with Gasteiger partial charge in [-0.05, 0) is 37.6 Å². The second-order valence-electron chi connectivity index (χ2n) is 4.80. The molecule has 19 heavy (non-hydrogen) atoms. The number of nitrogens with one attached hydrogen (secondary N) is 1. The maximum Gasteiger partial charge on any atom is 0.268 e. The van der Waals surface area contributed by atoms with Gasteiger partial charge in [-0.15, -0.1) is 0 Å². The van der Waals surface area contributed by atoms with Gasteiger partial charge in [-0.3, -0.25) is 4.79 Å². The molecule has 0 saturated heterocycles. The molecule has 1 aromatic heterocycles. The van der Waals surface area contributed by atoms with Gasteiger partial charge in [-0.2, -0.15) is 0 Å². The molecule has 0 saturated carbocycles. The van der Waals surface area contributed by atoms with Crippen molar-refractivity contribution in [3.05, 3.63) is 30.0 Å². The number of methoxy groups -OCH3 is 1. The van der Waals surface area contributed by atoms with Gasteiger partial charge in [0, 0.05) is 24.0 Å². The minimum absolute atomic E-state index is 0.0352. The predicted molar refractivity (Wildman–Crippen MR) is 76.7 cm³/mol. The van der Waals surface area contributed by atoms with Crippen molar-refractivity contribution in [3.8, 4) is 5.75 Å². The SMILES string of the molecule is CCC(C)NC(=O)c1cc2cc(OC)ccc2n1C. The first-order valence-electron chi connectivity index (χ1n) is 6.51. The number of carbonyl (C=O) groups is 1. The van der Waals surface area contributed by atoms with E-state index in [4.69, 9.17) is 4.74 Å². The third kappa shape index (κ3) is 2.57. The lowest BCUT2D eigenvalue weighted by Gasteiger charge is -2.11. The van der Waals surface area contributed by atoms with E-state index >= 15 is 0 Å². The van der Waals surface area contributed by atoms with E-state index < -0.39 is 0 Å². The predicted octanol–water partition coefficient (Wildman–Crippen LogP) is 2.72. The molecule has 2 rings (SSSR count). The fourth-order valence-corrected chi connectivity index (χ4v) is 2.07. The van der Waals surface area contributed by atoms with Crippen molar-refractivity contribution in [3.63, 3.8) is 0 Å². The minimum Gasteiger partial charge on any atom is -0.497 e. The van der Waals surface area contributed by atoms with Crippen LogP contribution in [-0.2, 0) is 7.05 Å². The molecule has 1 amide bonds. The Morgan fingerprint density at radius 3 is 2.79 bits per heavy atom. The number of benzene rings is 1. The molecule has 0 aliphatic carbocycles. The molecule has 2 aromatic rings. The fourth-order valence-electron chi connectivity index (χ4n) is 2.07. The highest BCUT2D eigenvalue weighted by atomic mass is 16.5. The van der Waals surface area contributed by atoms with Gasteiger partial charge in [-0.1, -0.05) is 6.92 Å². The van der Waals surface area contributed by atoms with Crippen LogP contribution in [0, 0.1) is 0 Å². The molecule has 0 spiro atoms. The average molecular weight is 260 g/mol. The van der Waals surface area contributed by atoms with E-state index in [9.17, 15) is 4.79 Å². The Balaban J connectivity index is 2.38. The van der Waals surface area contributed by atoms with Gasteiger partial charge in [0.1, 0.15) is 11.4 Å². The number of carbonyl (C=O) groups excluding carboxylic acids is 1. The van der Waals surface area contributed by atoms with Crippen LogP contribution in [0.2, 0.25) is 0 Å². The highest BCUT2D eigenvalue weighted by molar-refractivity contribution is 5.99. The van der Waals surface area contributed by atoms with Gasteiger partial charge < -0.3 is 14.6 Å². The Kier molecular flexibility index (Phi) is 3.79. The van der Waals surface area contributed by atoms with E-state index in [1.54, 1.807) is 7.11 Å². The first kappa shape index (κ1) is 13.5.